The topological polar surface area (TPSA) is 69.7 Å². The molecule has 27 heavy (non-hydrogen) atoms. The van der Waals surface area contributed by atoms with E-state index in [0.717, 1.165) is 19.6 Å². The number of amides is 2. The maximum atomic E-state index is 12.4. The molecule has 1 aliphatic rings. The number of rotatable bonds is 4. The molecular formula is C21H23N3O3. The van der Waals surface area contributed by atoms with Crippen LogP contribution >= 0.6 is 0 Å². The molecule has 1 aliphatic heterocycles. The van der Waals surface area contributed by atoms with Crippen molar-refractivity contribution in [1.82, 2.24) is 9.80 Å². The van der Waals surface area contributed by atoms with Gasteiger partial charge in [-0.25, -0.2) is 0 Å². The molecule has 0 atom stereocenters. The molecule has 0 saturated carbocycles. The van der Waals surface area contributed by atoms with Gasteiger partial charge in [-0.2, -0.15) is 0 Å². The van der Waals surface area contributed by atoms with Gasteiger partial charge in [0.15, 0.2) is 5.78 Å². The summed E-state index contributed by atoms with van der Waals surface area (Å²) in [5.74, 6) is -1.22. The Morgan fingerprint density at radius 1 is 0.889 bits per heavy atom. The van der Waals surface area contributed by atoms with E-state index in [1.165, 1.54) is 12.5 Å². The van der Waals surface area contributed by atoms with E-state index in [0.29, 0.717) is 24.3 Å². The predicted molar refractivity (Wildman–Crippen MR) is 103 cm³/mol. The highest BCUT2D eigenvalue weighted by Crippen LogP contribution is 2.12. The van der Waals surface area contributed by atoms with Crippen LogP contribution < -0.4 is 5.32 Å². The van der Waals surface area contributed by atoms with Gasteiger partial charge in [-0.05, 0) is 36.8 Å². The Morgan fingerprint density at radius 3 is 2.11 bits per heavy atom. The maximum absolute atomic E-state index is 12.4. The van der Waals surface area contributed by atoms with Crippen molar-refractivity contribution >= 4 is 23.3 Å². The zero-order valence-electron chi connectivity index (χ0n) is 15.4. The van der Waals surface area contributed by atoms with Crippen molar-refractivity contribution in [2.75, 3.05) is 31.5 Å². The Kier molecular flexibility index (Phi) is 5.98. The summed E-state index contributed by atoms with van der Waals surface area (Å²) in [6, 6.07) is 16.7. The van der Waals surface area contributed by atoms with Crippen LogP contribution in [0.2, 0.25) is 0 Å². The van der Waals surface area contributed by atoms with Gasteiger partial charge in [-0.3, -0.25) is 19.3 Å². The molecule has 1 N–H and O–H groups in total. The second-order valence-electron chi connectivity index (χ2n) is 6.64. The number of ketones is 1. The van der Waals surface area contributed by atoms with E-state index in [4.69, 9.17) is 0 Å². The van der Waals surface area contributed by atoms with E-state index < -0.39 is 11.8 Å². The van der Waals surface area contributed by atoms with Gasteiger partial charge in [-0.15, -0.1) is 0 Å². The average Bonchev–Trinajstić information content (AvgIpc) is 2.69. The Bertz CT molecular complexity index is 810. The van der Waals surface area contributed by atoms with Gasteiger partial charge in [0.05, 0.1) is 0 Å². The molecule has 0 aliphatic carbocycles. The highest BCUT2D eigenvalue weighted by Gasteiger charge is 2.26. The Hall–Kier alpha value is -2.99. The van der Waals surface area contributed by atoms with Crippen LogP contribution in [0.4, 0.5) is 5.69 Å². The van der Waals surface area contributed by atoms with E-state index in [9.17, 15) is 14.4 Å². The first-order valence-corrected chi connectivity index (χ1v) is 9.00. The van der Waals surface area contributed by atoms with Gasteiger partial charge in [0, 0.05) is 44.0 Å². The minimum Gasteiger partial charge on any atom is -0.332 e. The van der Waals surface area contributed by atoms with E-state index in [1.54, 1.807) is 29.2 Å². The predicted octanol–water partition coefficient (Wildman–Crippen LogP) is 2.17. The minimum absolute atomic E-state index is 0.0441. The lowest BCUT2D eigenvalue weighted by Crippen LogP contribution is -2.51. The van der Waals surface area contributed by atoms with Crippen LogP contribution in [0.5, 0.6) is 0 Å². The molecule has 0 radical (unpaired) electrons. The largest absolute Gasteiger partial charge is 0.332 e. The third kappa shape index (κ3) is 5.01. The van der Waals surface area contributed by atoms with Gasteiger partial charge < -0.3 is 10.2 Å². The van der Waals surface area contributed by atoms with Crippen LogP contribution in [-0.4, -0.2) is 53.6 Å². The first-order valence-electron chi connectivity index (χ1n) is 9.00. The van der Waals surface area contributed by atoms with Crippen LogP contribution in [0.1, 0.15) is 22.8 Å². The minimum atomic E-state index is -0.651. The number of hydrogen-bond acceptors (Lipinski definition) is 4. The number of Topliss-reactive ketones (excluding diaryl/α,β-unsaturated/α-hetero) is 1. The molecule has 6 heteroatoms. The van der Waals surface area contributed by atoms with Gasteiger partial charge in [0.2, 0.25) is 0 Å². The standard InChI is InChI=1S/C21H23N3O3/c1-16(25)18-7-9-19(10-8-18)22-20(26)21(27)24-13-11-23(12-14-24)15-17-5-3-2-4-6-17/h2-10H,11-15H2,1H3,(H,22,26). The molecule has 0 bridgehead atoms. The lowest BCUT2D eigenvalue weighted by atomic mass is 10.1. The number of carbonyl (C=O) groups excluding carboxylic acids is 3. The summed E-state index contributed by atoms with van der Waals surface area (Å²) in [5, 5.41) is 2.60. The summed E-state index contributed by atoms with van der Waals surface area (Å²) in [4.78, 5) is 39.7. The van der Waals surface area contributed by atoms with Crippen molar-refractivity contribution < 1.29 is 14.4 Å². The second-order valence-corrected chi connectivity index (χ2v) is 6.64. The van der Waals surface area contributed by atoms with Crippen molar-refractivity contribution in [2.45, 2.75) is 13.5 Å². The van der Waals surface area contributed by atoms with Gasteiger partial charge in [-0.1, -0.05) is 30.3 Å². The SMILES string of the molecule is CC(=O)c1ccc(NC(=O)C(=O)N2CCN(Cc3ccccc3)CC2)cc1. The lowest BCUT2D eigenvalue weighted by Gasteiger charge is -2.34. The fraction of sp³-hybridized carbons (Fsp3) is 0.286. The van der Waals surface area contributed by atoms with Gasteiger partial charge in [0.25, 0.3) is 0 Å². The molecule has 1 saturated heterocycles. The smallest absolute Gasteiger partial charge is 0.313 e. The number of nitrogens with zero attached hydrogens (tertiary/aromatic N) is 2. The Balaban J connectivity index is 1.49. The van der Waals surface area contributed by atoms with E-state index in [1.807, 2.05) is 18.2 Å². The van der Waals surface area contributed by atoms with Crippen LogP contribution in [0.15, 0.2) is 54.6 Å². The maximum Gasteiger partial charge on any atom is 0.313 e. The molecule has 0 aromatic heterocycles. The van der Waals surface area contributed by atoms with Crippen LogP contribution in [0.25, 0.3) is 0 Å². The van der Waals surface area contributed by atoms with Crippen molar-refractivity contribution in [1.29, 1.82) is 0 Å². The highest BCUT2D eigenvalue weighted by molar-refractivity contribution is 6.39. The van der Waals surface area contributed by atoms with Crippen molar-refractivity contribution in [3.8, 4) is 0 Å². The second kappa shape index (κ2) is 8.60. The van der Waals surface area contributed by atoms with Crippen molar-refractivity contribution in [2.24, 2.45) is 0 Å². The first kappa shape index (κ1) is 18.8. The highest BCUT2D eigenvalue weighted by atomic mass is 16.2. The Labute approximate surface area is 158 Å². The molecule has 2 aromatic rings. The van der Waals surface area contributed by atoms with Gasteiger partial charge in [0.1, 0.15) is 0 Å². The first-order chi connectivity index (χ1) is 13.0. The zero-order valence-corrected chi connectivity index (χ0v) is 15.4. The van der Waals surface area contributed by atoms with Crippen molar-refractivity contribution in [3.05, 3.63) is 65.7 Å². The molecule has 0 unspecified atom stereocenters. The summed E-state index contributed by atoms with van der Waals surface area (Å²) in [6.07, 6.45) is 0. The number of piperazine rings is 1. The lowest BCUT2D eigenvalue weighted by molar-refractivity contribution is -0.144. The summed E-state index contributed by atoms with van der Waals surface area (Å²) >= 11 is 0. The van der Waals surface area contributed by atoms with E-state index in [2.05, 4.69) is 22.3 Å². The molecule has 0 spiro atoms. The summed E-state index contributed by atoms with van der Waals surface area (Å²) in [6.45, 7) is 4.86. The number of nitrogens with one attached hydrogen (secondary N) is 1. The molecule has 1 fully saturated rings. The molecule has 6 nitrogen and oxygen atoms in total. The summed E-state index contributed by atoms with van der Waals surface area (Å²) in [7, 11) is 0. The van der Waals surface area contributed by atoms with E-state index in [-0.39, 0.29) is 5.78 Å². The van der Waals surface area contributed by atoms with E-state index >= 15 is 0 Å². The zero-order chi connectivity index (χ0) is 19.2. The fourth-order valence-electron chi connectivity index (χ4n) is 3.07. The normalized spacial score (nSPS) is 14.6. The monoisotopic (exact) mass is 365 g/mol. The summed E-state index contributed by atoms with van der Waals surface area (Å²) < 4.78 is 0. The fourth-order valence-corrected chi connectivity index (χ4v) is 3.07. The van der Waals surface area contributed by atoms with Crippen molar-refractivity contribution in [3.63, 3.8) is 0 Å². The van der Waals surface area contributed by atoms with Crippen LogP contribution in [-0.2, 0) is 16.1 Å². The quantitative estimate of drug-likeness (QED) is 0.666. The summed E-state index contributed by atoms with van der Waals surface area (Å²) in [5.41, 5.74) is 2.30. The third-order valence-electron chi connectivity index (χ3n) is 4.65. The molecular weight excluding hydrogens is 342 g/mol. The Morgan fingerprint density at radius 2 is 1.52 bits per heavy atom. The molecule has 2 amide bonds. The van der Waals surface area contributed by atoms with Gasteiger partial charge >= 0.3 is 11.8 Å². The molecule has 2 aromatic carbocycles. The third-order valence-corrected chi connectivity index (χ3v) is 4.65. The number of carbonyl (C=O) groups is 3. The number of anilines is 1. The molecule has 1 heterocycles. The molecule has 140 valence electrons. The number of benzene rings is 2. The van der Waals surface area contributed by atoms with Crippen LogP contribution in [0.3, 0.4) is 0 Å². The van der Waals surface area contributed by atoms with Crippen LogP contribution in [0, 0.1) is 0 Å². The number of hydrogen-bond donors (Lipinski definition) is 1. The average molecular weight is 365 g/mol. The molecule has 3 rings (SSSR count).